The molecule has 2 rings (SSSR count). The molecule has 10 nitrogen and oxygen atoms in total. The van der Waals surface area contributed by atoms with Crippen LogP contribution < -0.4 is 5.32 Å². The molecule has 0 saturated carbocycles. The maximum Gasteiger partial charge on any atom is 0.410 e. The second kappa shape index (κ2) is 12.7. The minimum atomic E-state index is -1.01. The summed E-state index contributed by atoms with van der Waals surface area (Å²) in [4.78, 5) is 51.9. The predicted molar refractivity (Wildman–Crippen MR) is 125 cm³/mol. The first kappa shape index (κ1) is 27.6. The SMILES string of the molecule is COCC(CC(=O)O)NC(=O)[C@@H]1CCCN(C(=O)/C=C/C2CCN(C(=O)OC(C)(C)C)CC2)C1. The Morgan fingerprint density at radius 3 is 2.35 bits per heavy atom. The van der Waals surface area contributed by atoms with Gasteiger partial charge in [-0.25, -0.2) is 4.79 Å². The lowest BCUT2D eigenvalue weighted by atomic mass is 9.95. The maximum atomic E-state index is 12.7. The number of carbonyl (C=O) groups is 4. The zero-order valence-corrected chi connectivity index (χ0v) is 20.7. The molecule has 2 fully saturated rings. The first-order valence-electron chi connectivity index (χ1n) is 11.9. The quantitative estimate of drug-likeness (QED) is 0.508. The van der Waals surface area contributed by atoms with Gasteiger partial charge in [0, 0.05) is 33.3 Å². The van der Waals surface area contributed by atoms with E-state index in [1.165, 1.54) is 7.11 Å². The van der Waals surface area contributed by atoms with E-state index in [0.29, 0.717) is 39.0 Å². The highest BCUT2D eigenvalue weighted by molar-refractivity contribution is 5.88. The van der Waals surface area contributed by atoms with Crippen LogP contribution in [0.2, 0.25) is 0 Å². The Kier molecular flexibility index (Phi) is 10.3. The summed E-state index contributed by atoms with van der Waals surface area (Å²) in [5.74, 6) is -1.57. The number of nitrogens with one attached hydrogen (secondary N) is 1. The van der Waals surface area contributed by atoms with Crippen LogP contribution in [0, 0.1) is 11.8 Å². The van der Waals surface area contributed by atoms with Crippen molar-refractivity contribution >= 4 is 23.9 Å². The van der Waals surface area contributed by atoms with E-state index in [-0.39, 0.29) is 42.8 Å². The van der Waals surface area contributed by atoms with Crippen LogP contribution >= 0.6 is 0 Å². The van der Waals surface area contributed by atoms with Crippen molar-refractivity contribution < 1.29 is 33.8 Å². The summed E-state index contributed by atoms with van der Waals surface area (Å²) in [6.45, 7) is 7.70. The second-order valence-electron chi connectivity index (χ2n) is 10.0. The highest BCUT2D eigenvalue weighted by Gasteiger charge is 2.30. The molecule has 0 radical (unpaired) electrons. The van der Waals surface area contributed by atoms with E-state index in [9.17, 15) is 19.2 Å². The molecule has 1 unspecified atom stereocenters. The van der Waals surface area contributed by atoms with E-state index in [0.717, 1.165) is 12.8 Å². The first-order valence-corrected chi connectivity index (χ1v) is 11.9. The molecule has 2 aliphatic rings. The normalized spacial score (nSPS) is 20.8. The molecular formula is C24H39N3O7. The number of carboxylic acids is 1. The summed E-state index contributed by atoms with van der Waals surface area (Å²) >= 11 is 0. The number of methoxy groups -OCH3 is 1. The third-order valence-electron chi connectivity index (χ3n) is 5.94. The van der Waals surface area contributed by atoms with E-state index in [1.54, 1.807) is 15.9 Å². The molecule has 2 N–H and O–H groups in total. The predicted octanol–water partition coefficient (Wildman–Crippen LogP) is 2.03. The van der Waals surface area contributed by atoms with Gasteiger partial charge in [0.2, 0.25) is 11.8 Å². The summed E-state index contributed by atoms with van der Waals surface area (Å²) in [6.07, 6.45) is 5.84. The lowest BCUT2D eigenvalue weighted by Crippen LogP contribution is -2.48. The number of piperidine rings is 2. The number of carbonyl (C=O) groups excluding carboxylic acids is 3. The fraction of sp³-hybridized carbons (Fsp3) is 0.750. The van der Waals surface area contributed by atoms with Gasteiger partial charge in [-0.3, -0.25) is 14.4 Å². The number of likely N-dealkylation sites (tertiary alicyclic amines) is 2. The average Bonchev–Trinajstić information content (AvgIpc) is 2.76. The van der Waals surface area contributed by atoms with Crippen LogP contribution in [0.1, 0.15) is 52.9 Å². The van der Waals surface area contributed by atoms with Gasteiger partial charge in [0.15, 0.2) is 0 Å². The first-order chi connectivity index (χ1) is 16.0. The van der Waals surface area contributed by atoms with Crippen molar-refractivity contribution in [1.29, 1.82) is 0 Å². The Bertz CT molecular complexity index is 754. The van der Waals surface area contributed by atoms with Gasteiger partial charge in [0.25, 0.3) is 0 Å². The largest absolute Gasteiger partial charge is 0.481 e. The number of carboxylic acid groups (broad SMARTS) is 1. The number of rotatable bonds is 8. The zero-order chi connectivity index (χ0) is 25.3. The van der Waals surface area contributed by atoms with Crippen LogP contribution in [0.3, 0.4) is 0 Å². The molecule has 0 aromatic carbocycles. The zero-order valence-electron chi connectivity index (χ0n) is 20.7. The Hall–Kier alpha value is -2.62. The van der Waals surface area contributed by atoms with Crippen molar-refractivity contribution in [2.24, 2.45) is 11.8 Å². The standard InChI is InChI=1S/C24H39N3O7/c1-24(2,3)34-23(32)26-12-9-17(10-13-26)7-8-20(28)27-11-5-6-18(15-27)22(31)25-19(16-33-4)14-21(29)30/h7-8,17-19H,5-6,9-16H2,1-4H3,(H,25,31)(H,29,30)/b8-7+/t18-,19?/m1/s1. The highest BCUT2D eigenvalue weighted by atomic mass is 16.6. The van der Waals surface area contributed by atoms with Gasteiger partial charge in [0.05, 0.1) is 25.0 Å². The topological polar surface area (TPSA) is 125 Å². The molecule has 192 valence electrons. The molecule has 2 saturated heterocycles. The molecule has 34 heavy (non-hydrogen) atoms. The van der Waals surface area contributed by atoms with Crippen LogP contribution in [-0.4, -0.2) is 90.3 Å². The number of hydrogen-bond acceptors (Lipinski definition) is 6. The molecular weight excluding hydrogens is 442 g/mol. The number of allylic oxidation sites excluding steroid dienone is 1. The smallest absolute Gasteiger partial charge is 0.410 e. The van der Waals surface area contributed by atoms with Crippen LogP contribution in [-0.2, 0) is 23.9 Å². The minimum absolute atomic E-state index is 0.114. The minimum Gasteiger partial charge on any atom is -0.481 e. The number of nitrogens with zero attached hydrogens (tertiary/aromatic N) is 2. The van der Waals surface area contributed by atoms with Gasteiger partial charge in [-0.1, -0.05) is 6.08 Å². The summed E-state index contributed by atoms with van der Waals surface area (Å²) < 4.78 is 10.4. The van der Waals surface area contributed by atoms with Crippen molar-refractivity contribution in [2.75, 3.05) is 39.9 Å². The van der Waals surface area contributed by atoms with Gasteiger partial charge >= 0.3 is 12.1 Å². The molecule has 2 aliphatic heterocycles. The summed E-state index contributed by atoms with van der Waals surface area (Å²) in [6, 6.07) is -0.604. The summed E-state index contributed by atoms with van der Waals surface area (Å²) in [5.41, 5.74) is -0.523. The molecule has 2 atom stereocenters. The van der Waals surface area contributed by atoms with Crippen LogP contribution in [0.4, 0.5) is 4.79 Å². The van der Waals surface area contributed by atoms with Crippen LogP contribution in [0.5, 0.6) is 0 Å². The Morgan fingerprint density at radius 1 is 1.09 bits per heavy atom. The van der Waals surface area contributed by atoms with E-state index in [1.807, 2.05) is 26.8 Å². The van der Waals surface area contributed by atoms with Gasteiger partial charge in [-0.05, 0) is 58.4 Å². The van der Waals surface area contributed by atoms with E-state index in [4.69, 9.17) is 14.6 Å². The molecule has 10 heteroatoms. The fourth-order valence-corrected chi connectivity index (χ4v) is 4.20. The lowest BCUT2D eigenvalue weighted by Gasteiger charge is -2.33. The molecule has 0 aromatic rings. The van der Waals surface area contributed by atoms with Gasteiger partial charge < -0.3 is 29.7 Å². The molecule has 0 aliphatic carbocycles. The molecule has 2 heterocycles. The third-order valence-corrected chi connectivity index (χ3v) is 5.94. The van der Waals surface area contributed by atoms with Crippen molar-refractivity contribution in [3.63, 3.8) is 0 Å². The molecule has 3 amide bonds. The van der Waals surface area contributed by atoms with Crippen molar-refractivity contribution in [1.82, 2.24) is 15.1 Å². The molecule has 0 spiro atoms. The Labute approximate surface area is 201 Å². The number of ether oxygens (including phenoxy) is 2. The van der Waals surface area contributed by atoms with Gasteiger partial charge in [-0.2, -0.15) is 0 Å². The van der Waals surface area contributed by atoms with E-state index >= 15 is 0 Å². The fourth-order valence-electron chi connectivity index (χ4n) is 4.20. The Morgan fingerprint density at radius 2 is 1.76 bits per heavy atom. The molecule has 0 bridgehead atoms. The molecule has 0 aromatic heterocycles. The van der Waals surface area contributed by atoms with Crippen LogP contribution in [0.25, 0.3) is 0 Å². The number of hydrogen-bond donors (Lipinski definition) is 2. The summed E-state index contributed by atoms with van der Waals surface area (Å²) in [5, 5.41) is 11.8. The maximum absolute atomic E-state index is 12.7. The van der Waals surface area contributed by atoms with E-state index in [2.05, 4.69) is 5.32 Å². The highest BCUT2D eigenvalue weighted by Crippen LogP contribution is 2.22. The van der Waals surface area contributed by atoms with Crippen molar-refractivity contribution in [3.8, 4) is 0 Å². The van der Waals surface area contributed by atoms with E-state index < -0.39 is 17.6 Å². The van der Waals surface area contributed by atoms with Crippen molar-refractivity contribution in [2.45, 2.75) is 64.5 Å². The Balaban J connectivity index is 1.82. The van der Waals surface area contributed by atoms with Gasteiger partial charge in [-0.15, -0.1) is 0 Å². The third kappa shape index (κ3) is 9.32. The van der Waals surface area contributed by atoms with Crippen molar-refractivity contribution in [3.05, 3.63) is 12.2 Å². The van der Waals surface area contributed by atoms with Crippen LogP contribution in [0.15, 0.2) is 12.2 Å². The number of aliphatic carboxylic acids is 1. The monoisotopic (exact) mass is 481 g/mol. The summed E-state index contributed by atoms with van der Waals surface area (Å²) in [7, 11) is 1.45. The average molecular weight is 482 g/mol. The van der Waals surface area contributed by atoms with Gasteiger partial charge in [0.1, 0.15) is 5.60 Å². The lowest BCUT2D eigenvalue weighted by molar-refractivity contribution is -0.138. The second-order valence-corrected chi connectivity index (χ2v) is 10.0. The number of amides is 3.